The molecule has 0 aliphatic carbocycles. The summed E-state index contributed by atoms with van der Waals surface area (Å²) in [7, 11) is 0. The predicted molar refractivity (Wildman–Crippen MR) is 59.2 cm³/mol. The van der Waals surface area contributed by atoms with Gasteiger partial charge >= 0.3 is 12.0 Å². The van der Waals surface area contributed by atoms with Gasteiger partial charge < -0.3 is 21.1 Å². The molecule has 0 atom stereocenters. The fraction of sp³-hybridized carbons (Fsp3) is 0.800. The van der Waals surface area contributed by atoms with Crippen LogP contribution in [0.1, 0.15) is 19.3 Å². The standard InChI is InChI=1S/C10H19N3O3/c14-9(15)3-6-12-10(16)13-7-8-1-4-11-5-2-8/h8,11H,1-7H2,(H,14,15)(H2,12,13,16). The molecule has 0 aromatic heterocycles. The molecule has 1 fully saturated rings. The molecule has 1 aliphatic heterocycles. The van der Waals surface area contributed by atoms with E-state index in [0.29, 0.717) is 12.5 Å². The average Bonchev–Trinajstić information content (AvgIpc) is 2.27. The summed E-state index contributed by atoms with van der Waals surface area (Å²) in [6, 6.07) is -0.278. The van der Waals surface area contributed by atoms with E-state index < -0.39 is 5.97 Å². The first-order valence-corrected chi connectivity index (χ1v) is 5.62. The van der Waals surface area contributed by atoms with Crippen LogP contribution in [-0.2, 0) is 4.79 Å². The normalized spacial score (nSPS) is 16.8. The maximum Gasteiger partial charge on any atom is 0.314 e. The fourth-order valence-electron chi connectivity index (χ4n) is 1.67. The number of piperidine rings is 1. The molecule has 1 aliphatic rings. The van der Waals surface area contributed by atoms with Gasteiger partial charge in [-0.3, -0.25) is 4.79 Å². The van der Waals surface area contributed by atoms with Crippen molar-refractivity contribution in [2.45, 2.75) is 19.3 Å². The van der Waals surface area contributed by atoms with Crippen LogP contribution in [0.4, 0.5) is 4.79 Å². The third kappa shape index (κ3) is 5.55. The van der Waals surface area contributed by atoms with Crippen molar-refractivity contribution in [1.29, 1.82) is 0 Å². The molecule has 1 saturated heterocycles. The Morgan fingerprint density at radius 1 is 1.25 bits per heavy atom. The van der Waals surface area contributed by atoms with Gasteiger partial charge in [0.1, 0.15) is 0 Å². The monoisotopic (exact) mass is 229 g/mol. The Balaban J connectivity index is 2.02. The number of hydrogen-bond acceptors (Lipinski definition) is 3. The fourth-order valence-corrected chi connectivity index (χ4v) is 1.67. The van der Waals surface area contributed by atoms with Gasteiger partial charge in [0.15, 0.2) is 0 Å². The Morgan fingerprint density at radius 3 is 2.56 bits per heavy atom. The summed E-state index contributed by atoms with van der Waals surface area (Å²) < 4.78 is 0. The summed E-state index contributed by atoms with van der Waals surface area (Å²) >= 11 is 0. The van der Waals surface area contributed by atoms with E-state index >= 15 is 0 Å². The zero-order valence-electron chi connectivity index (χ0n) is 9.29. The van der Waals surface area contributed by atoms with Crippen LogP contribution >= 0.6 is 0 Å². The number of hydrogen-bond donors (Lipinski definition) is 4. The highest BCUT2D eigenvalue weighted by Crippen LogP contribution is 2.09. The number of carboxylic acids is 1. The zero-order chi connectivity index (χ0) is 11.8. The lowest BCUT2D eigenvalue weighted by atomic mass is 9.98. The molecule has 0 spiro atoms. The summed E-state index contributed by atoms with van der Waals surface area (Å²) in [5, 5.41) is 16.9. The van der Waals surface area contributed by atoms with Crippen molar-refractivity contribution in [2.75, 3.05) is 26.2 Å². The second kappa shape index (κ2) is 7.05. The third-order valence-electron chi connectivity index (χ3n) is 2.63. The number of carbonyl (C=O) groups is 2. The van der Waals surface area contributed by atoms with Gasteiger partial charge in [-0.1, -0.05) is 0 Å². The maximum atomic E-state index is 11.2. The van der Waals surface area contributed by atoms with Crippen LogP contribution < -0.4 is 16.0 Å². The van der Waals surface area contributed by atoms with Crippen LogP contribution in [0.15, 0.2) is 0 Å². The molecule has 0 aromatic carbocycles. The molecule has 4 N–H and O–H groups in total. The summed E-state index contributed by atoms with van der Waals surface area (Å²) in [5.41, 5.74) is 0. The highest BCUT2D eigenvalue weighted by Gasteiger charge is 2.13. The van der Waals surface area contributed by atoms with Crippen molar-refractivity contribution in [1.82, 2.24) is 16.0 Å². The van der Waals surface area contributed by atoms with Crippen LogP contribution in [0.5, 0.6) is 0 Å². The minimum atomic E-state index is -0.904. The maximum absolute atomic E-state index is 11.2. The molecular weight excluding hydrogens is 210 g/mol. The minimum absolute atomic E-state index is 0.0409. The van der Waals surface area contributed by atoms with Crippen LogP contribution in [0.2, 0.25) is 0 Å². The number of carboxylic acid groups (broad SMARTS) is 1. The predicted octanol–water partition coefficient (Wildman–Crippen LogP) is -0.240. The minimum Gasteiger partial charge on any atom is -0.481 e. The van der Waals surface area contributed by atoms with E-state index in [9.17, 15) is 9.59 Å². The molecule has 2 amide bonds. The van der Waals surface area contributed by atoms with E-state index in [4.69, 9.17) is 5.11 Å². The second-order valence-electron chi connectivity index (χ2n) is 3.97. The van der Waals surface area contributed by atoms with Crippen molar-refractivity contribution < 1.29 is 14.7 Å². The highest BCUT2D eigenvalue weighted by atomic mass is 16.4. The number of carbonyl (C=O) groups excluding carboxylic acids is 1. The second-order valence-corrected chi connectivity index (χ2v) is 3.97. The number of aliphatic carboxylic acids is 1. The molecule has 0 unspecified atom stereocenters. The topological polar surface area (TPSA) is 90.5 Å². The first kappa shape index (κ1) is 12.8. The molecule has 0 aromatic rings. The molecule has 1 rings (SSSR count). The lowest BCUT2D eigenvalue weighted by molar-refractivity contribution is -0.136. The molecule has 6 nitrogen and oxygen atoms in total. The zero-order valence-corrected chi connectivity index (χ0v) is 9.29. The SMILES string of the molecule is O=C(O)CCNC(=O)NCC1CCNCC1. The van der Waals surface area contributed by atoms with Gasteiger partial charge in [0.25, 0.3) is 0 Å². The van der Waals surface area contributed by atoms with E-state index in [1.54, 1.807) is 0 Å². The summed E-state index contributed by atoms with van der Waals surface area (Å²) in [4.78, 5) is 21.4. The van der Waals surface area contributed by atoms with E-state index in [0.717, 1.165) is 25.9 Å². The number of rotatable bonds is 5. The number of urea groups is 1. The number of amides is 2. The average molecular weight is 229 g/mol. The van der Waals surface area contributed by atoms with Gasteiger partial charge in [0, 0.05) is 13.1 Å². The third-order valence-corrected chi connectivity index (χ3v) is 2.63. The quantitative estimate of drug-likeness (QED) is 0.523. The molecule has 1 heterocycles. The molecular formula is C10H19N3O3. The lowest BCUT2D eigenvalue weighted by Crippen LogP contribution is -2.41. The van der Waals surface area contributed by atoms with Crippen LogP contribution in [-0.4, -0.2) is 43.3 Å². The van der Waals surface area contributed by atoms with Crippen molar-refractivity contribution >= 4 is 12.0 Å². The van der Waals surface area contributed by atoms with Crippen LogP contribution in [0.3, 0.4) is 0 Å². The Bertz CT molecular complexity index is 239. The molecule has 0 radical (unpaired) electrons. The first-order valence-electron chi connectivity index (χ1n) is 5.62. The van der Waals surface area contributed by atoms with Crippen molar-refractivity contribution in [3.05, 3.63) is 0 Å². The molecule has 0 saturated carbocycles. The lowest BCUT2D eigenvalue weighted by Gasteiger charge is -2.22. The first-order chi connectivity index (χ1) is 7.68. The van der Waals surface area contributed by atoms with E-state index in [1.807, 2.05) is 0 Å². The van der Waals surface area contributed by atoms with Gasteiger partial charge in [-0.05, 0) is 31.8 Å². The summed E-state index contributed by atoms with van der Waals surface area (Å²) in [6.45, 7) is 2.86. The summed E-state index contributed by atoms with van der Waals surface area (Å²) in [6.07, 6.45) is 2.12. The number of nitrogens with one attached hydrogen (secondary N) is 3. The van der Waals surface area contributed by atoms with Gasteiger partial charge in [-0.2, -0.15) is 0 Å². The Morgan fingerprint density at radius 2 is 1.94 bits per heavy atom. The van der Waals surface area contributed by atoms with Gasteiger partial charge in [0.05, 0.1) is 6.42 Å². The Labute approximate surface area is 94.8 Å². The molecule has 0 bridgehead atoms. The van der Waals surface area contributed by atoms with E-state index in [2.05, 4.69) is 16.0 Å². The molecule has 16 heavy (non-hydrogen) atoms. The summed E-state index contributed by atoms with van der Waals surface area (Å²) in [5.74, 6) is -0.370. The Kier molecular flexibility index (Phi) is 5.63. The van der Waals surface area contributed by atoms with E-state index in [1.165, 1.54) is 0 Å². The van der Waals surface area contributed by atoms with Crippen molar-refractivity contribution in [3.63, 3.8) is 0 Å². The molecule has 6 heteroatoms. The Hall–Kier alpha value is -1.30. The van der Waals surface area contributed by atoms with Crippen molar-refractivity contribution in [3.8, 4) is 0 Å². The molecule has 92 valence electrons. The van der Waals surface area contributed by atoms with Gasteiger partial charge in [0.2, 0.25) is 0 Å². The van der Waals surface area contributed by atoms with Gasteiger partial charge in [-0.25, -0.2) is 4.79 Å². The van der Waals surface area contributed by atoms with Crippen molar-refractivity contribution in [2.24, 2.45) is 5.92 Å². The van der Waals surface area contributed by atoms with Crippen LogP contribution in [0, 0.1) is 5.92 Å². The van der Waals surface area contributed by atoms with Gasteiger partial charge in [-0.15, -0.1) is 0 Å². The van der Waals surface area contributed by atoms with E-state index in [-0.39, 0.29) is 19.0 Å². The van der Waals surface area contributed by atoms with Crippen LogP contribution in [0.25, 0.3) is 0 Å². The largest absolute Gasteiger partial charge is 0.481 e. The smallest absolute Gasteiger partial charge is 0.314 e. The highest BCUT2D eigenvalue weighted by molar-refractivity contribution is 5.74.